The fourth-order valence-corrected chi connectivity index (χ4v) is 5.01. The highest BCUT2D eigenvalue weighted by atomic mass is 35.5. The summed E-state index contributed by atoms with van der Waals surface area (Å²) in [6.45, 7) is 1.98. The van der Waals surface area contributed by atoms with Gasteiger partial charge in [0.05, 0.1) is 23.3 Å². The predicted octanol–water partition coefficient (Wildman–Crippen LogP) is 3.52. The molecule has 1 aliphatic carbocycles. The molecule has 0 bridgehead atoms. The highest BCUT2D eigenvalue weighted by molar-refractivity contribution is 7.12. The zero-order valence-electron chi connectivity index (χ0n) is 16.8. The maximum atomic E-state index is 10.7. The molecule has 0 spiro atoms. The Hall–Kier alpha value is -1.18. The van der Waals surface area contributed by atoms with Gasteiger partial charge in [-0.1, -0.05) is 35.9 Å². The molecule has 0 saturated heterocycles. The molecule has 1 aromatic rings. The van der Waals surface area contributed by atoms with Crippen molar-refractivity contribution in [1.82, 2.24) is 0 Å². The van der Waals surface area contributed by atoms with Crippen molar-refractivity contribution in [3.05, 3.63) is 45.1 Å². The standard InChI is InChI=1S/C22H32ClNO4S/c1-14-19(23)12-16(29-14)10-8-15(25)9-11-18-17(20(26)13-21(18)27)6-4-2-3-5-7-22(24)28/h2,4,9,11-12,15,17-18,20-21,25-27H,3,5-8,10,13H2,1H3,(H2,24,28)/b4-2-,11-9+/t15?,17-,18-,20?,21?/m1/s1. The maximum Gasteiger partial charge on any atom is 0.217 e. The molecule has 0 radical (unpaired) electrons. The maximum absolute atomic E-state index is 10.7. The number of allylic oxidation sites excluding steroid dienone is 2. The van der Waals surface area contributed by atoms with Crippen LogP contribution in [-0.4, -0.2) is 39.5 Å². The van der Waals surface area contributed by atoms with Gasteiger partial charge in [0.25, 0.3) is 0 Å². The Kier molecular flexibility index (Phi) is 9.86. The normalized spacial score (nSPS) is 26.0. The first-order valence-electron chi connectivity index (χ1n) is 10.2. The Morgan fingerprint density at radius 2 is 2.14 bits per heavy atom. The number of nitrogens with two attached hydrogens (primary N) is 1. The van der Waals surface area contributed by atoms with Gasteiger partial charge in [-0.2, -0.15) is 0 Å². The third kappa shape index (κ3) is 7.87. The number of aryl methyl sites for hydroxylation is 2. The number of unbranched alkanes of at least 4 members (excludes halogenated alkanes) is 1. The van der Waals surface area contributed by atoms with Crippen LogP contribution in [0.25, 0.3) is 0 Å². The molecule has 1 heterocycles. The number of carbonyl (C=O) groups excluding carboxylic acids is 1. The van der Waals surface area contributed by atoms with Crippen molar-refractivity contribution in [2.45, 2.75) is 70.2 Å². The molecule has 0 aromatic carbocycles. The summed E-state index contributed by atoms with van der Waals surface area (Å²) < 4.78 is 0. The number of thiophene rings is 1. The van der Waals surface area contributed by atoms with Crippen LogP contribution in [0.2, 0.25) is 5.02 Å². The van der Waals surface area contributed by atoms with Crippen molar-refractivity contribution in [2.24, 2.45) is 17.6 Å². The largest absolute Gasteiger partial charge is 0.393 e. The molecule has 5 atom stereocenters. The quantitative estimate of drug-likeness (QED) is 0.311. The molecule has 1 amide bonds. The molecule has 7 heteroatoms. The fraction of sp³-hybridized carbons (Fsp3) is 0.591. The number of carbonyl (C=O) groups is 1. The zero-order chi connectivity index (χ0) is 21.4. The van der Waals surface area contributed by atoms with E-state index in [1.165, 1.54) is 0 Å². The van der Waals surface area contributed by atoms with E-state index in [0.29, 0.717) is 32.1 Å². The van der Waals surface area contributed by atoms with Crippen molar-refractivity contribution in [2.75, 3.05) is 0 Å². The van der Waals surface area contributed by atoms with Crippen LogP contribution in [0.1, 0.15) is 48.3 Å². The van der Waals surface area contributed by atoms with Crippen molar-refractivity contribution in [1.29, 1.82) is 0 Å². The first-order valence-corrected chi connectivity index (χ1v) is 11.4. The Balaban J connectivity index is 1.83. The number of primary amides is 1. The van der Waals surface area contributed by atoms with Gasteiger partial charge in [-0.3, -0.25) is 4.79 Å². The summed E-state index contributed by atoms with van der Waals surface area (Å²) in [4.78, 5) is 13.0. The molecular formula is C22H32ClNO4S. The van der Waals surface area contributed by atoms with Crippen LogP contribution in [0, 0.1) is 18.8 Å². The van der Waals surface area contributed by atoms with Crippen LogP contribution in [-0.2, 0) is 11.2 Å². The van der Waals surface area contributed by atoms with Crippen molar-refractivity contribution in [3.8, 4) is 0 Å². The van der Waals surface area contributed by atoms with Gasteiger partial charge in [-0.05, 0) is 51.0 Å². The first-order chi connectivity index (χ1) is 13.8. The summed E-state index contributed by atoms with van der Waals surface area (Å²) in [5.41, 5.74) is 5.12. The number of amides is 1. The highest BCUT2D eigenvalue weighted by Gasteiger charge is 2.39. The average Bonchev–Trinajstić information content (AvgIpc) is 3.11. The van der Waals surface area contributed by atoms with E-state index in [9.17, 15) is 20.1 Å². The molecule has 1 fully saturated rings. The molecule has 29 heavy (non-hydrogen) atoms. The van der Waals surface area contributed by atoms with E-state index in [1.54, 1.807) is 17.4 Å². The highest BCUT2D eigenvalue weighted by Crippen LogP contribution is 2.36. The van der Waals surface area contributed by atoms with Gasteiger partial charge in [0, 0.05) is 28.5 Å². The van der Waals surface area contributed by atoms with Crippen LogP contribution < -0.4 is 5.73 Å². The monoisotopic (exact) mass is 441 g/mol. The molecule has 5 nitrogen and oxygen atoms in total. The Morgan fingerprint density at radius 3 is 2.79 bits per heavy atom. The summed E-state index contributed by atoms with van der Waals surface area (Å²) in [5, 5.41) is 31.7. The summed E-state index contributed by atoms with van der Waals surface area (Å²) in [5.74, 6) is -0.568. The van der Waals surface area contributed by atoms with Gasteiger partial charge >= 0.3 is 0 Å². The number of halogens is 1. The molecule has 5 N–H and O–H groups in total. The summed E-state index contributed by atoms with van der Waals surface area (Å²) in [6.07, 6.45) is 9.96. The van der Waals surface area contributed by atoms with Crippen LogP contribution >= 0.6 is 22.9 Å². The molecule has 0 aliphatic heterocycles. The molecule has 1 saturated carbocycles. The predicted molar refractivity (Wildman–Crippen MR) is 118 cm³/mol. The molecule has 3 unspecified atom stereocenters. The lowest BCUT2D eigenvalue weighted by molar-refractivity contribution is -0.118. The van der Waals surface area contributed by atoms with Gasteiger partial charge in [-0.25, -0.2) is 0 Å². The molecule has 2 rings (SSSR count). The topological polar surface area (TPSA) is 104 Å². The summed E-state index contributed by atoms with van der Waals surface area (Å²) in [7, 11) is 0. The summed E-state index contributed by atoms with van der Waals surface area (Å²) >= 11 is 7.72. The second kappa shape index (κ2) is 11.9. The van der Waals surface area contributed by atoms with E-state index >= 15 is 0 Å². The number of aliphatic hydroxyl groups is 3. The van der Waals surface area contributed by atoms with Gasteiger partial charge in [0.2, 0.25) is 5.91 Å². The summed E-state index contributed by atoms with van der Waals surface area (Å²) in [6, 6.07) is 1.95. The minimum absolute atomic E-state index is 0.0837. The third-order valence-corrected chi connectivity index (χ3v) is 7.05. The lowest BCUT2D eigenvalue weighted by Gasteiger charge is -2.19. The van der Waals surface area contributed by atoms with E-state index in [2.05, 4.69) is 0 Å². The second-order valence-electron chi connectivity index (χ2n) is 7.79. The molecule has 1 aliphatic rings. The van der Waals surface area contributed by atoms with Crippen LogP contribution in [0.3, 0.4) is 0 Å². The lowest BCUT2D eigenvalue weighted by Crippen LogP contribution is -2.20. The van der Waals surface area contributed by atoms with Gasteiger partial charge < -0.3 is 21.1 Å². The van der Waals surface area contributed by atoms with Gasteiger partial charge in [0.15, 0.2) is 0 Å². The Morgan fingerprint density at radius 1 is 1.38 bits per heavy atom. The minimum atomic E-state index is -0.611. The fourth-order valence-electron chi connectivity index (χ4n) is 3.76. The smallest absolute Gasteiger partial charge is 0.217 e. The van der Waals surface area contributed by atoms with E-state index < -0.39 is 18.3 Å². The Bertz CT molecular complexity index is 698. The SMILES string of the molecule is Cc1sc(CCC(O)/C=C/[C@H]2C(O)CC(O)[C@@H]2C/C=C\CCCC(N)=O)cc1Cl. The first kappa shape index (κ1) is 24.1. The second-order valence-corrected chi connectivity index (χ2v) is 9.53. The number of hydrogen-bond donors (Lipinski definition) is 4. The van der Waals surface area contributed by atoms with Crippen molar-refractivity contribution in [3.63, 3.8) is 0 Å². The molecule has 1 aromatic heterocycles. The Labute approximate surface area is 181 Å². The van der Waals surface area contributed by atoms with Crippen LogP contribution in [0.4, 0.5) is 0 Å². The van der Waals surface area contributed by atoms with E-state index in [4.69, 9.17) is 17.3 Å². The third-order valence-electron chi connectivity index (χ3n) is 5.43. The van der Waals surface area contributed by atoms with Crippen LogP contribution in [0.5, 0.6) is 0 Å². The van der Waals surface area contributed by atoms with Crippen molar-refractivity contribution < 1.29 is 20.1 Å². The lowest BCUT2D eigenvalue weighted by atomic mass is 9.89. The van der Waals surface area contributed by atoms with Crippen LogP contribution in [0.15, 0.2) is 30.4 Å². The number of rotatable bonds is 11. The van der Waals surface area contributed by atoms with E-state index in [0.717, 1.165) is 27.6 Å². The van der Waals surface area contributed by atoms with E-state index in [1.807, 2.05) is 31.2 Å². The molecular weight excluding hydrogens is 410 g/mol. The van der Waals surface area contributed by atoms with Gasteiger partial charge in [0.1, 0.15) is 0 Å². The number of aliphatic hydroxyl groups excluding tert-OH is 3. The average molecular weight is 442 g/mol. The number of hydrogen-bond acceptors (Lipinski definition) is 5. The van der Waals surface area contributed by atoms with Gasteiger partial charge in [-0.15, -0.1) is 11.3 Å². The van der Waals surface area contributed by atoms with E-state index in [-0.39, 0.29) is 17.7 Å². The van der Waals surface area contributed by atoms with Crippen molar-refractivity contribution >= 4 is 28.8 Å². The minimum Gasteiger partial charge on any atom is -0.393 e. The molecule has 162 valence electrons. The zero-order valence-corrected chi connectivity index (χ0v) is 18.4.